The number of carbonyl (C=O) groups is 4. The molecule has 3 N–H and O–H groups in total. The van der Waals surface area contributed by atoms with Gasteiger partial charge in [-0.3, -0.25) is 19.2 Å². The number of hydrogen-bond acceptors (Lipinski definition) is 6. The normalized spacial score (nSPS) is 22.5. The molecule has 3 heterocycles. The minimum atomic E-state index is -4.33. The lowest BCUT2D eigenvalue weighted by molar-refractivity contribution is -0.174. The molecule has 0 radical (unpaired) electrons. The minimum Gasteiger partial charge on any atom is -0.382 e. The predicted octanol–water partition coefficient (Wildman–Crippen LogP) is 15.4. The summed E-state index contributed by atoms with van der Waals surface area (Å²) in [5.41, 5.74) is 10.4. The van der Waals surface area contributed by atoms with Crippen LogP contribution in [-0.4, -0.2) is 71.8 Å². The van der Waals surface area contributed by atoms with E-state index in [2.05, 4.69) is 66.8 Å². The van der Waals surface area contributed by atoms with Crippen LogP contribution in [0.4, 0.5) is 44.7 Å². The minimum absolute atomic E-state index is 0.00110. The van der Waals surface area contributed by atoms with E-state index < -0.39 is 65.5 Å². The first-order chi connectivity index (χ1) is 40.6. The number of halogens is 5. The summed E-state index contributed by atoms with van der Waals surface area (Å²) < 4.78 is 73.1. The zero-order valence-corrected chi connectivity index (χ0v) is 49.2. The molecule has 15 heteroatoms. The maximum Gasteiger partial charge on any atom is 0.393 e. The van der Waals surface area contributed by atoms with Crippen molar-refractivity contribution in [2.75, 3.05) is 47.0 Å². The molecule has 0 aromatic heterocycles. The Balaban J connectivity index is 0.870. The van der Waals surface area contributed by atoms with Gasteiger partial charge in [-0.1, -0.05) is 93.9 Å². The fourth-order valence-corrected chi connectivity index (χ4v) is 14.2. The number of amides is 4. The van der Waals surface area contributed by atoms with E-state index in [1.165, 1.54) is 17.7 Å². The number of nitrogens with zero attached hydrogens (tertiary/aromatic N) is 3. The second-order valence-electron chi connectivity index (χ2n) is 25.2. The quantitative estimate of drug-likeness (QED) is 0.105. The fraction of sp³-hybridized carbons (Fsp3) is 0.400. The highest BCUT2D eigenvalue weighted by Gasteiger charge is 2.48. The number of rotatable bonds is 12. The SMILES string of the molecule is CC1=CCc2c1cc(NC(=O)C1CCCN(C(=O)c3c(C)cccc3F)C1c1ccc(NC3CCC[C@@H]3C(F)(F)F)cc1)cc2C1CCN(c2cccc(C3C(C(=O)Nc4cccc(C(C)(C)C)c4)CCCN3C(=O)c3c(C)cccc3F)c2)C1. The first-order valence-corrected chi connectivity index (χ1v) is 30.1. The van der Waals surface area contributed by atoms with Gasteiger partial charge in [0.05, 0.1) is 41.0 Å². The topological polar surface area (TPSA) is 114 Å². The molecule has 0 spiro atoms. The molecule has 3 aliphatic heterocycles. The molecule has 1 saturated carbocycles. The molecule has 6 unspecified atom stereocenters. The Labute approximate surface area is 495 Å². The van der Waals surface area contributed by atoms with E-state index in [1.807, 2.05) is 48.5 Å². The van der Waals surface area contributed by atoms with E-state index in [9.17, 15) is 27.6 Å². The second-order valence-corrected chi connectivity index (χ2v) is 25.2. The standard InChI is InChI=1S/C70H75F5N6O4/c1-41-26-31-52-55(41)38-50(78-66(83)53-20-12-33-80(67(84)61-42(2)14-7-23-58(61)71)63(53)44-27-29-48(30-28-44)76-60-25-11-22-57(60)70(73,74)75)39-56(52)46-32-35-79(40-46)51-19-9-16-45(36-51)64-54(65(82)77-49-18-10-17-47(37-49)69(4,5)6)21-13-34-81(64)68(85)62-43(3)15-8-24-59(62)72/h7-10,14-19,23-24,26-30,36-39,46,53-54,57,60,63-64,76H,11-13,20-22,25,31-35,40H2,1-6H3,(H,77,82)(H,78,83)/t46?,53?,54?,57-,60?,63?,64?/m0/s1. The van der Waals surface area contributed by atoms with Gasteiger partial charge in [0.1, 0.15) is 11.6 Å². The van der Waals surface area contributed by atoms with Crippen molar-refractivity contribution in [3.63, 3.8) is 0 Å². The lowest BCUT2D eigenvalue weighted by Crippen LogP contribution is -2.46. The Kier molecular flexibility index (Phi) is 16.6. The van der Waals surface area contributed by atoms with Crippen molar-refractivity contribution in [1.29, 1.82) is 0 Å². The third-order valence-corrected chi connectivity index (χ3v) is 18.7. The van der Waals surface area contributed by atoms with Crippen LogP contribution in [-0.2, 0) is 21.4 Å². The van der Waals surface area contributed by atoms with Crippen molar-refractivity contribution in [3.8, 4) is 0 Å². The first-order valence-electron chi connectivity index (χ1n) is 30.1. The van der Waals surface area contributed by atoms with Crippen LogP contribution in [0.5, 0.6) is 0 Å². The number of allylic oxidation sites excluding steroid dienone is 2. The van der Waals surface area contributed by atoms with Gasteiger partial charge in [-0.15, -0.1) is 0 Å². The van der Waals surface area contributed by atoms with Crippen LogP contribution in [0.3, 0.4) is 0 Å². The van der Waals surface area contributed by atoms with Gasteiger partial charge < -0.3 is 30.7 Å². The lowest BCUT2D eigenvalue weighted by atomic mass is 9.82. The highest BCUT2D eigenvalue weighted by atomic mass is 19.4. The highest BCUT2D eigenvalue weighted by Crippen LogP contribution is 2.46. The zero-order valence-electron chi connectivity index (χ0n) is 49.2. The number of nitrogens with one attached hydrogen (secondary N) is 3. The van der Waals surface area contributed by atoms with Gasteiger partial charge in [-0.2, -0.15) is 13.2 Å². The van der Waals surface area contributed by atoms with E-state index >= 15 is 13.6 Å². The van der Waals surface area contributed by atoms with Crippen LogP contribution >= 0.6 is 0 Å². The Hall–Kier alpha value is -7.81. The predicted molar refractivity (Wildman–Crippen MR) is 325 cm³/mol. The molecule has 2 aliphatic carbocycles. The van der Waals surface area contributed by atoms with Crippen LogP contribution < -0.4 is 20.9 Å². The molecule has 4 amide bonds. The third-order valence-electron chi connectivity index (χ3n) is 18.7. The van der Waals surface area contributed by atoms with Crippen molar-refractivity contribution < 1.29 is 41.1 Å². The van der Waals surface area contributed by atoms with E-state index in [-0.39, 0.29) is 47.2 Å². The number of aryl methyl sites for hydroxylation is 2. The largest absolute Gasteiger partial charge is 0.393 e. The van der Waals surface area contributed by atoms with Gasteiger partial charge in [0.2, 0.25) is 11.8 Å². The van der Waals surface area contributed by atoms with Gasteiger partial charge in [0.25, 0.3) is 11.8 Å². The Morgan fingerprint density at radius 3 is 1.79 bits per heavy atom. The Morgan fingerprint density at radius 1 is 0.576 bits per heavy atom. The Morgan fingerprint density at radius 2 is 1.18 bits per heavy atom. The van der Waals surface area contributed by atoms with Crippen LogP contribution in [0.2, 0.25) is 0 Å². The molecule has 11 rings (SSSR count). The molecular formula is C70H75F5N6O4. The van der Waals surface area contributed by atoms with Crippen LogP contribution in [0, 0.1) is 43.2 Å². The van der Waals surface area contributed by atoms with Gasteiger partial charge in [0, 0.05) is 60.9 Å². The van der Waals surface area contributed by atoms with Gasteiger partial charge in [0.15, 0.2) is 0 Å². The molecule has 444 valence electrons. The summed E-state index contributed by atoms with van der Waals surface area (Å²) in [5.74, 6) is -5.62. The number of benzene rings is 6. The number of fused-ring (bicyclic) bond motifs is 1. The number of piperidine rings is 2. The van der Waals surface area contributed by atoms with E-state index in [0.29, 0.717) is 91.9 Å². The Bertz CT molecular complexity index is 3530. The summed E-state index contributed by atoms with van der Waals surface area (Å²) in [6.07, 6.45) is 2.28. The molecule has 6 aromatic rings. The molecule has 7 atom stereocenters. The van der Waals surface area contributed by atoms with Crippen molar-refractivity contribution in [1.82, 2.24) is 9.80 Å². The molecule has 0 bridgehead atoms. The van der Waals surface area contributed by atoms with Gasteiger partial charge in [-0.05, 0) is 188 Å². The summed E-state index contributed by atoms with van der Waals surface area (Å²) in [6.45, 7) is 13.8. The van der Waals surface area contributed by atoms with E-state index in [0.717, 1.165) is 46.4 Å². The molecule has 85 heavy (non-hydrogen) atoms. The average Bonchev–Trinajstić information content (AvgIpc) is 2.40. The monoisotopic (exact) mass is 1160 g/mol. The van der Waals surface area contributed by atoms with E-state index in [1.54, 1.807) is 72.2 Å². The zero-order chi connectivity index (χ0) is 60.1. The van der Waals surface area contributed by atoms with Crippen LogP contribution in [0.1, 0.15) is 162 Å². The van der Waals surface area contributed by atoms with E-state index in [4.69, 9.17) is 0 Å². The number of carbonyl (C=O) groups excluding carboxylic acids is 4. The van der Waals surface area contributed by atoms with Crippen LogP contribution in [0.25, 0.3) is 5.57 Å². The molecule has 4 fully saturated rings. The van der Waals surface area contributed by atoms with Crippen LogP contribution in [0.15, 0.2) is 127 Å². The molecule has 10 nitrogen and oxygen atoms in total. The molecule has 3 saturated heterocycles. The number of alkyl halides is 3. The maximum absolute atomic E-state index is 15.7. The van der Waals surface area contributed by atoms with Crippen molar-refractivity contribution in [2.24, 2.45) is 17.8 Å². The smallest absolute Gasteiger partial charge is 0.382 e. The first kappa shape index (κ1) is 58.9. The molecular weight excluding hydrogens is 1080 g/mol. The summed E-state index contributed by atoms with van der Waals surface area (Å²) in [6, 6.07) is 33.7. The summed E-state index contributed by atoms with van der Waals surface area (Å²) >= 11 is 0. The summed E-state index contributed by atoms with van der Waals surface area (Å²) in [5, 5.41) is 9.58. The van der Waals surface area contributed by atoms with Gasteiger partial charge >= 0.3 is 6.18 Å². The summed E-state index contributed by atoms with van der Waals surface area (Å²) in [4.78, 5) is 64.6. The maximum atomic E-state index is 15.7. The van der Waals surface area contributed by atoms with Crippen molar-refractivity contribution >= 4 is 52.0 Å². The fourth-order valence-electron chi connectivity index (χ4n) is 14.2. The lowest BCUT2D eigenvalue weighted by Gasteiger charge is -2.41. The molecule has 5 aliphatic rings. The average molecular weight is 1160 g/mol. The van der Waals surface area contributed by atoms with Crippen molar-refractivity contribution in [3.05, 3.63) is 195 Å². The second kappa shape index (κ2) is 23.9. The molecule has 6 aromatic carbocycles. The summed E-state index contributed by atoms with van der Waals surface area (Å²) in [7, 11) is 0. The number of likely N-dealkylation sites (tertiary alicyclic amines) is 2. The number of anilines is 4. The third kappa shape index (κ3) is 12.1. The van der Waals surface area contributed by atoms with Crippen molar-refractivity contribution in [2.45, 2.75) is 135 Å². The number of hydrogen-bond donors (Lipinski definition) is 3. The highest BCUT2D eigenvalue weighted by molar-refractivity contribution is 6.00. The van der Waals surface area contributed by atoms with Gasteiger partial charge in [-0.25, -0.2) is 8.78 Å².